The zero-order valence-corrected chi connectivity index (χ0v) is 15.9. The number of nitrogens with one attached hydrogen (secondary N) is 2. The van der Waals surface area contributed by atoms with Crippen molar-refractivity contribution in [2.45, 2.75) is 26.3 Å². The molecular formula is C20H28N3OS+. The first-order valence-electron chi connectivity index (χ1n) is 9.10. The van der Waals surface area contributed by atoms with E-state index in [1.807, 2.05) is 0 Å². The van der Waals surface area contributed by atoms with E-state index in [0.717, 1.165) is 39.1 Å². The summed E-state index contributed by atoms with van der Waals surface area (Å²) >= 11 is 1.75. The Kier molecular flexibility index (Phi) is 6.10. The standard InChI is InChI=1S/C20H27N3OS/c1-16-6-3-4-8-19(16)23-13-11-22(12-14-23)17(2)20(24)21-10-9-18-7-5-15-25-18/h3-8,15,17H,9-14H2,1-2H3,(H,21,24)/p+1/t17-/m1/s1. The third kappa shape index (κ3) is 4.61. The molecule has 2 aromatic rings. The number of thiophene rings is 1. The van der Waals surface area contributed by atoms with Gasteiger partial charge < -0.3 is 15.1 Å². The number of piperazine rings is 1. The first-order chi connectivity index (χ1) is 12.1. The van der Waals surface area contributed by atoms with Crippen molar-refractivity contribution in [2.75, 3.05) is 37.6 Å². The van der Waals surface area contributed by atoms with Gasteiger partial charge in [-0.2, -0.15) is 0 Å². The third-order valence-electron chi connectivity index (χ3n) is 5.12. The number of quaternary nitrogens is 1. The Morgan fingerprint density at radius 3 is 2.68 bits per heavy atom. The monoisotopic (exact) mass is 358 g/mol. The lowest BCUT2D eigenvalue weighted by Gasteiger charge is -2.36. The number of carbonyl (C=O) groups excluding carboxylic acids is 1. The molecule has 1 saturated heterocycles. The molecule has 1 aromatic carbocycles. The summed E-state index contributed by atoms with van der Waals surface area (Å²) in [7, 11) is 0. The number of amides is 1. The quantitative estimate of drug-likeness (QED) is 0.821. The van der Waals surface area contributed by atoms with Crippen LogP contribution in [0.4, 0.5) is 5.69 Å². The fraction of sp³-hybridized carbons (Fsp3) is 0.450. The second-order valence-corrected chi connectivity index (χ2v) is 7.81. The maximum atomic E-state index is 12.4. The normalized spacial score (nSPS) is 16.6. The highest BCUT2D eigenvalue weighted by Crippen LogP contribution is 2.18. The van der Waals surface area contributed by atoms with Gasteiger partial charge in [0.25, 0.3) is 5.91 Å². The predicted molar refractivity (Wildman–Crippen MR) is 105 cm³/mol. The Morgan fingerprint density at radius 2 is 2.00 bits per heavy atom. The Hall–Kier alpha value is -1.85. The van der Waals surface area contributed by atoms with Crippen LogP contribution in [0, 0.1) is 6.92 Å². The molecule has 0 radical (unpaired) electrons. The van der Waals surface area contributed by atoms with Gasteiger partial charge in [0.05, 0.1) is 26.2 Å². The van der Waals surface area contributed by atoms with Gasteiger partial charge in [-0.1, -0.05) is 24.3 Å². The van der Waals surface area contributed by atoms with Crippen LogP contribution in [0.25, 0.3) is 0 Å². The van der Waals surface area contributed by atoms with Crippen LogP contribution in [-0.4, -0.2) is 44.7 Å². The molecule has 0 aliphatic carbocycles. The lowest BCUT2D eigenvalue weighted by molar-refractivity contribution is -0.914. The largest absolute Gasteiger partial charge is 0.360 e. The summed E-state index contributed by atoms with van der Waals surface area (Å²) in [6, 6.07) is 12.7. The fourth-order valence-corrected chi connectivity index (χ4v) is 4.20. The Balaban J connectivity index is 1.45. The third-order valence-corrected chi connectivity index (χ3v) is 6.05. The smallest absolute Gasteiger partial charge is 0.278 e. The second-order valence-electron chi connectivity index (χ2n) is 6.77. The lowest BCUT2D eigenvalue weighted by Crippen LogP contribution is -3.19. The van der Waals surface area contributed by atoms with Crippen LogP contribution in [0.3, 0.4) is 0 Å². The maximum absolute atomic E-state index is 12.4. The molecule has 3 rings (SSSR count). The van der Waals surface area contributed by atoms with E-state index in [1.54, 1.807) is 11.3 Å². The van der Waals surface area contributed by atoms with E-state index in [-0.39, 0.29) is 11.9 Å². The van der Waals surface area contributed by atoms with Crippen LogP contribution in [-0.2, 0) is 11.2 Å². The van der Waals surface area contributed by atoms with Gasteiger partial charge >= 0.3 is 0 Å². The van der Waals surface area contributed by atoms with Gasteiger partial charge in [0, 0.05) is 17.1 Å². The average molecular weight is 359 g/mol. The molecular weight excluding hydrogens is 330 g/mol. The van der Waals surface area contributed by atoms with Gasteiger partial charge in [0.2, 0.25) is 0 Å². The summed E-state index contributed by atoms with van der Waals surface area (Å²) in [6.45, 7) is 8.98. The number of rotatable bonds is 6. The van der Waals surface area contributed by atoms with Gasteiger partial charge in [0.1, 0.15) is 0 Å². The van der Waals surface area contributed by atoms with Gasteiger partial charge in [0.15, 0.2) is 6.04 Å². The molecule has 2 N–H and O–H groups in total. The molecule has 134 valence electrons. The number of nitrogens with zero attached hydrogens (tertiary/aromatic N) is 1. The zero-order valence-electron chi connectivity index (χ0n) is 15.1. The molecule has 0 saturated carbocycles. The molecule has 1 amide bonds. The highest BCUT2D eigenvalue weighted by molar-refractivity contribution is 7.09. The molecule has 0 unspecified atom stereocenters. The topological polar surface area (TPSA) is 36.8 Å². The van der Waals surface area contributed by atoms with Crippen molar-refractivity contribution < 1.29 is 9.69 Å². The number of carbonyl (C=O) groups is 1. The lowest BCUT2D eigenvalue weighted by atomic mass is 10.1. The Labute approximate surface area is 154 Å². The minimum Gasteiger partial charge on any atom is -0.360 e. The highest BCUT2D eigenvalue weighted by atomic mass is 32.1. The number of benzene rings is 1. The van der Waals surface area contributed by atoms with Gasteiger partial charge in [-0.15, -0.1) is 11.3 Å². The first-order valence-corrected chi connectivity index (χ1v) is 9.98. The molecule has 2 heterocycles. The van der Waals surface area contributed by atoms with Crippen molar-refractivity contribution >= 4 is 22.9 Å². The van der Waals surface area contributed by atoms with Crippen LogP contribution in [0.5, 0.6) is 0 Å². The van der Waals surface area contributed by atoms with Crippen LogP contribution >= 0.6 is 11.3 Å². The molecule has 0 spiro atoms. The van der Waals surface area contributed by atoms with Crippen molar-refractivity contribution in [2.24, 2.45) is 0 Å². The number of hydrogen-bond donors (Lipinski definition) is 2. The summed E-state index contributed by atoms with van der Waals surface area (Å²) in [5.74, 6) is 0.177. The van der Waals surface area contributed by atoms with Crippen LogP contribution in [0.2, 0.25) is 0 Å². The number of aryl methyl sites for hydroxylation is 1. The van der Waals surface area contributed by atoms with Gasteiger partial charge in [-0.3, -0.25) is 4.79 Å². The molecule has 25 heavy (non-hydrogen) atoms. The highest BCUT2D eigenvalue weighted by Gasteiger charge is 2.29. The molecule has 1 aromatic heterocycles. The van der Waals surface area contributed by atoms with E-state index < -0.39 is 0 Å². The SMILES string of the molecule is Cc1ccccc1N1CC[NH+]([C@H](C)C(=O)NCCc2cccs2)CC1. The predicted octanol–water partition coefficient (Wildman–Crippen LogP) is 1.51. The maximum Gasteiger partial charge on any atom is 0.278 e. The molecule has 1 aliphatic heterocycles. The summed E-state index contributed by atoms with van der Waals surface area (Å²) in [4.78, 5) is 17.6. The second kappa shape index (κ2) is 8.50. The molecule has 1 aliphatic rings. The van der Waals surface area contributed by atoms with E-state index >= 15 is 0 Å². The van der Waals surface area contributed by atoms with Crippen molar-refractivity contribution in [3.63, 3.8) is 0 Å². The first kappa shape index (κ1) is 18.0. The van der Waals surface area contributed by atoms with Crippen LogP contribution < -0.4 is 15.1 Å². The van der Waals surface area contributed by atoms with E-state index in [9.17, 15) is 4.79 Å². The minimum absolute atomic E-state index is 0.0161. The Morgan fingerprint density at radius 1 is 1.24 bits per heavy atom. The average Bonchev–Trinajstić information content (AvgIpc) is 3.15. The number of para-hydroxylation sites is 1. The molecule has 0 bridgehead atoms. The summed E-state index contributed by atoms with van der Waals surface area (Å²) < 4.78 is 0. The van der Waals surface area contributed by atoms with Crippen molar-refractivity contribution in [3.8, 4) is 0 Å². The fourth-order valence-electron chi connectivity index (χ4n) is 3.49. The summed E-state index contributed by atoms with van der Waals surface area (Å²) in [5.41, 5.74) is 2.65. The van der Waals surface area contributed by atoms with Crippen LogP contribution in [0.15, 0.2) is 41.8 Å². The molecule has 5 heteroatoms. The van der Waals surface area contributed by atoms with Crippen LogP contribution in [0.1, 0.15) is 17.4 Å². The zero-order chi connectivity index (χ0) is 17.6. The van der Waals surface area contributed by atoms with Crippen molar-refractivity contribution in [1.82, 2.24) is 5.32 Å². The van der Waals surface area contributed by atoms with E-state index in [2.05, 4.69) is 65.8 Å². The van der Waals surface area contributed by atoms with Crippen molar-refractivity contribution in [3.05, 3.63) is 52.2 Å². The van der Waals surface area contributed by atoms with E-state index in [1.165, 1.54) is 21.0 Å². The van der Waals surface area contributed by atoms with E-state index in [0.29, 0.717) is 0 Å². The van der Waals surface area contributed by atoms with E-state index in [4.69, 9.17) is 0 Å². The Bertz CT molecular complexity index is 678. The molecule has 4 nitrogen and oxygen atoms in total. The molecule has 1 fully saturated rings. The van der Waals surface area contributed by atoms with Gasteiger partial charge in [-0.25, -0.2) is 0 Å². The summed E-state index contributed by atoms with van der Waals surface area (Å²) in [5, 5.41) is 5.18. The number of anilines is 1. The molecule has 1 atom stereocenters. The summed E-state index contributed by atoms with van der Waals surface area (Å²) in [6.07, 6.45) is 0.923. The van der Waals surface area contributed by atoms with Crippen molar-refractivity contribution in [1.29, 1.82) is 0 Å². The number of hydrogen-bond acceptors (Lipinski definition) is 3. The van der Waals surface area contributed by atoms with Gasteiger partial charge in [-0.05, 0) is 43.3 Å². The minimum atomic E-state index is 0.0161.